The lowest BCUT2D eigenvalue weighted by Crippen LogP contribution is -2.46. The third-order valence-corrected chi connectivity index (χ3v) is 4.46. The fraction of sp³-hybridized carbons (Fsp3) is 0.500. The van der Waals surface area contributed by atoms with Crippen molar-refractivity contribution in [3.05, 3.63) is 29.8 Å². The summed E-state index contributed by atoms with van der Waals surface area (Å²) in [6.07, 6.45) is -4.59. The first-order chi connectivity index (χ1) is 9.08. The maximum absolute atomic E-state index is 12.6. The molecular formula is C12H16F3NO3S. The number of aliphatic hydroxyl groups excluding tert-OH is 1. The molecule has 0 aliphatic rings. The maximum atomic E-state index is 12.6. The summed E-state index contributed by atoms with van der Waals surface area (Å²) in [5.41, 5.74) is 0.825. The van der Waals surface area contributed by atoms with Crippen molar-refractivity contribution < 1.29 is 26.7 Å². The van der Waals surface area contributed by atoms with Crippen molar-refractivity contribution in [2.45, 2.75) is 31.0 Å². The first-order valence-electron chi connectivity index (χ1n) is 5.84. The van der Waals surface area contributed by atoms with E-state index in [0.29, 0.717) is 0 Å². The second-order valence-corrected chi connectivity index (χ2v) is 6.27. The summed E-state index contributed by atoms with van der Waals surface area (Å²) in [7, 11) is -4.10. The number of halogens is 3. The minimum Gasteiger partial charge on any atom is -0.395 e. The molecule has 1 rings (SSSR count). The molecule has 114 valence electrons. The zero-order chi connectivity index (χ0) is 15.6. The van der Waals surface area contributed by atoms with Crippen LogP contribution in [-0.4, -0.2) is 32.3 Å². The van der Waals surface area contributed by atoms with E-state index in [1.807, 2.05) is 4.72 Å². The Kier molecular flexibility index (Phi) is 5.17. The van der Waals surface area contributed by atoms with E-state index in [1.165, 1.54) is 24.3 Å². The molecule has 0 fully saturated rings. The molecule has 0 bridgehead atoms. The number of hydrogen-bond donors (Lipinski definition) is 2. The maximum Gasteiger partial charge on any atom is 0.393 e. The van der Waals surface area contributed by atoms with Gasteiger partial charge in [-0.3, -0.25) is 0 Å². The fourth-order valence-electron chi connectivity index (χ4n) is 1.51. The average molecular weight is 311 g/mol. The van der Waals surface area contributed by atoms with Crippen molar-refractivity contribution in [1.29, 1.82) is 0 Å². The molecule has 4 nitrogen and oxygen atoms in total. The van der Waals surface area contributed by atoms with Crippen LogP contribution in [0.2, 0.25) is 0 Å². The van der Waals surface area contributed by atoms with Gasteiger partial charge in [0.25, 0.3) is 0 Å². The lowest BCUT2D eigenvalue weighted by Gasteiger charge is -2.25. The second-order valence-electron chi connectivity index (χ2n) is 4.55. The molecule has 1 aromatic carbocycles. The lowest BCUT2D eigenvalue weighted by atomic mass is 10.0. The number of rotatable bonds is 5. The highest BCUT2D eigenvalue weighted by Crippen LogP contribution is 2.29. The number of sulfonamides is 1. The number of aliphatic hydroxyl groups is 1. The van der Waals surface area contributed by atoms with Gasteiger partial charge in [0.05, 0.1) is 23.5 Å². The fourth-order valence-corrected chi connectivity index (χ4v) is 2.82. The van der Waals surface area contributed by atoms with Crippen molar-refractivity contribution in [2.24, 2.45) is 5.92 Å². The van der Waals surface area contributed by atoms with Gasteiger partial charge in [-0.2, -0.15) is 13.2 Å². The minimum atomic E-state index is -4.59. The molecule has 0 saturated heterocycles. The van der Waals surface area contributed by atoms with Crippen molar-refractivity contribution in [2.75, 3.05) is 6.61 Å². The summed E-state index contributed by atoms with van der Waals surface area (Å²) in [4.78, 5) is -0.143. The molecule has 2 N–H and O–H groups in total. The third-order valence-electron chi connectivity index (χ3n) is 2.95. The summed E-state index contributed by atoms with van der Waals surface area (Å²) in [6, 6.07) is 4.04. The van der Waals surface area contributed by atoms with Crippen LogP contribution in [0.1, 0.15) is 12.5 Å². The quantitative estimate of drug-likeness (QED) is 0.872. The molecule has 2 atom stereocenters. The largest absolute Gasteiger partial charge is 0.395 e. The first kappa shape index (κ1) is 16.9. The minimum absolute atomic E-state index is 0.143. The molecule has 0 heterocycles. The summed E-state index contributed by atoms with van der Waals surface area (Å²) in [6.45, 7) is 1.64. The highest BCUT2D eigenvalue weighted by Gasteiger charge is 2.42. The monoisotopic (exact) mass is 311 g/mol. The highest BCUT2D eigenvalue weighted by molar-refractivity contribution is 7.89. The standard InChI is InChI=1S/C12H16F3NO3S/c1-8-3-5-10(6-4-8)20(18,19)16-11(7-17)9(2)12(13,14)15/h3-6,9,11,16-17H,7H2,1-2H3/t9-,11+/m0/s1. The van der Waals surface area contributed by atoms with Gasteiger partial charge in [0.1, 0.15) is 0 Å². The predicted molar refractivity (Wildman–Crippen MR) is 67.6 cm³/mol. The Bertz CT molecular complexity index is 540. The zero-order valence-corrected chi connectivity index (χ0v) is 11.8. The van der Waals surface area contributed by atoms with Gasteiger partial charge >= 0.3 is 6.18 Å². The summed E-state index contributed by atoms with van der Waals surface area (Å²) in [5.74, 6) is -1.99. The van der Waals surface area contributed by atoms with Gasteiger partial charge in [-0.05, 0) is 19.1 Å². The van der Waals surface area contributed by atoms with Crippen LogP contribution in [0.25, 0.3) is 0 Å². The highest BCUT2D eigenvalue weighted by atomic mass is 32.2. The average Bonchev–Trinajstić information content (AvgIpc) is 2.34. The Morgan fingerprint density at radius 3 is 2.15 bits per heavy atom. The summed E-state index contributed by atoms with van der Waals surface area (Å²) in [5, 5.41) is 8.99. The van der Waals surface area contributed by atoms with Crippen LogP contribution in [0.5, 0.6) is 0 Å². The van der Waals surface area contributed by atoms with Gasteiger partial charge in [0.15, 0.2) is 0 Å². The van der Waals surface area contributed by atoms with Gasteiger partial charge in [-0.1, -0.05) is 24.6 Å². The number of nitrogens with one attached hydrogen (secondary N) is 1. The van der Waals surface area contributed by atoms with Crippen LogP contribution in [0.4, 0.5) is 13.2 Å². The summed E-state index contributed by atoms with van der Waals surface area (Å²) >= 11 is 0. The van der Waals surface area contributed by atoms with E-state index in [9.17, 15) is 21.6 Å². The van der Waals surface area contributed by atoms with E-state index >= 15 is 0 Å². The van der Waals surface area contributed by atoms with Crippen LogP contribution in [0.15, 0.2) is 29.2 Å². The number of hydrogen-bond acceptors (Lipinski definition) is 3. The van der Waals surface area contributed by atoms with Crippen molar-refractivity contribution >= 4 is 10.0 Å². The molecule has 1 aromatic rings. The van der Waals surface area contributed by atoms with Crippen molar-refractivity contribution in [3.63, 3.8) is 0 Å². The van der Waals surface area contributed by atoms with E-state index in [0.717, 1.165) is 12.5 Å². The lowest BCUT2D eigenvalue weighted by molar-refractivity contribution is -0.178. The molecule has 20 heavy (non-hydrogen) atoms. The van der Waals surface area contributed by atoms with Gasteiger partial charge in [-0.25, -0.2) is 13.1 Å². The Hall–Kier alpha value is -1.12. The van der Waals surface area contributed by atoms with Crippen LogP contribution < -0.4 is 4.72 Å². The second kappa shape index (κ2) is 6.11. The number of aryl methyl sites for hydroxylation is 1. The normalized spacial score (nSPS) is 15.9. The van der Waals surface area contributed by atoms with Gasteiger partial charge < -0.3 is 5.11 Å². The molecule has 0 aromatic heterocycles. The van der Waals surface area contributed by atoms with E-state index in [2.05, 4.69) is 0 Å². The summed E-state index contributed by atoms with van der Waals surface area (Å²) < 4.78 is 63.5. The Morgan fingerprint density at radius 1 is 1.25 bits per heavy atom. The van der Waals surface area contributed by atoms with E-state index < -0.39 is 34.8 Å². The molecular weight excluding hydrogens is 295 g/mol. The van der Waals surface area contributed by atoms with E-state index in [1.54, 1.807) is 6.92 Å². The van der Waals surface area contributed by atoms with Crippen LogP contribution >= 0.6 is 0 Å². The topological polar surface area (TPSA) is 66.4 Å². The van der Waals surface area contributed by atoms with Crippen LogP contribution in [0, 0.1) is 12.8 Å². The molecule has 0 aliphatic carbocycles. The molecule has 0 spiro atoms. The van der Waals surface area contributed by atoms with Gasteiger partial charge in [0.2, 0.25) is 10.0 Å². The molecule has 8 heteroatoms. The Morgan fingerprint density at radius 2 is 1.75 bits per heavy atom. The predicted octanol–water partition coefficient (Wildman–Crippen LogP) is 1.83. The van der Waals surface area contributed by atoms with Crippen LogP contribution in [-0.2, 0) is 10.0 Å². The smallest absolute Gasteiger partial charge is 0.393 e. The molecule has 0 amide bonds. The Balaban J connectivity index is 2.96. The first-order valence-corrected chi connectivity index (χ1v) is 7.33. The molecule has 0 unspecified atom stereocenters. The molecule has 0 saturated carbocycles. The van der Waals surface area contributed by atoms with Crippen molar-refractivity contribution in [3.8, 4) is 0 Å². The third kappa shape index (κ3) is 4.19. The zero-order valence-electron chi connectivity index (χ0n) is 11.0. The van der Waals surface area contributed by atoms with Gasteiger partial charge in [0, 0.05) is 0 Å². The SMILES string of the molecule is Cc1ccc(S(=O)(=O)N[C@H](CO)[C@H](C)C(F)(F)F)cc1. The van der Waals surface area contributed by atoms with Crippen LogP contribution in [0.3, 0.4) is 0 Å². The van der Waals surface area contributed by atoms with Crippen molar-refractivity contribution in [1.82, 2.24) is 4.72 Å². The number of alkyl halides is 3. The Labute approximate surface area is 115 Å². The molecule has 0 radical (unpaired) electrons. The van der Waals surface area contributed by atoms with E-state index in [4.69, 9.17) is 5.11 Å². The van der Waals surface area contributed by atoms with E-state index in [-0.39, 0.29) is 4.90 Å². The van der Waals surface area contributed by atoms with Gasteiger partial charge in [-0.15, -0.1) is 0 Å². The number of benzene rings is 1. The molecule has 0 aliphatic heterocycles.